The molecule has 0 bridgehead atoms. The molecule has 0 aliphatic carbocycles. The van der Waals surface area contributed by atoms with E-state index in [-0.39, 0.29) is 10.9 Å². The molecule has 1 rings (SSSR count). The van der Waals surface area contributed by atoms with Crippen LogP contribution in [0.5, 0.6) is 0 Å². The summed E-state index contributed by atoms with van der Waals surface area (Å²) in [4.78, 5) is 11.7. The van der Waals surface area contributed by atoms with Gasteiger partial charge in [0, 0.05) is 0 Å². The summed E-state index contributed by atoms with van der Waals surface area (Å²) in [7, 11) is 0. The fourth-order valence-corrected chi connectivity index (χ4v) is 1.50. The van der Waals surface area contributed by atoms with Gasteiger partial charge in [0.2, 0.25) is 0 Å². The minimum atomic E-state index is -1.76. The highest BCUT2D eigenvalue weighted by atomic mass is 79.9. The third-order valence-corrected chi connectivity index (χ3v) is 3.06. The second kappa shape index (κ2) is 4.59. The molecular weight excluding hydrogens is 282 g/mol. The molecule has 5 heteroatoms. The number of Topliss-reactive ketones (excluding diaryl/α,β-unsaturated/α-hetero) is 1. The predicted molar refractivity (Wildman–Crippen MR) is 59.3 cm³/mol. The van der Waals surface area contributed by atoms with Gasteiger partial charge in [-0.15, -0.1) is 0 Å². The van der Waals surface area contributed by atoms with Crippen LogP contribution in [0.25, 0.3) is 0 Å². The second-order valence-corrected chi connectivity index (χ2v) is 4.53. The van der Waals surface area contributed by atoms with Crippen molar-refractivity contribution in [2.75, 3.05) is 0 Å². The maximum absolute atomic E-state index is 13.6. The van der Waals surface area contributed by atoms with Crippen LogP contribution in [-0.4, -0.2) is 16.5 Å². The highest BCUT2D eigenvalue weighted by molar-refractivity contribution is 9.10. The van der Waals surface area contributed by atoms with E-state index in [1.165, 1.54) is 13.0 Å². The van der Waals surface area contributed by atoms with E-state index in [1.54, 1.807) is 6.92 Å². The Morgan fingerprint density at radius 2 is 2.06 bits per heavy atom. The van der Waals surface area contributed by atoms with E-state index in [4.69, 9.17) is 0 Å². The van der Waals surface area contributed by atoms with Gasteiger partial charge in [0.15, 0.2) is 11.6 Å². The average Bonchev–Trinajstić information content (AvgIpc) is 2.24. The number of ketones is 1. The van der Waals surface area contributed by atoms with E-state index in [9.17, 15) is 18.7 Å². The topological polar surface area (TPSA) is 37.3 Å². The zero-order valence-corrected chi connectivity index (χ0v) is 10.4. The lowest BCUT2D eigenvalue weighted by Crippen LogP contribution is -2.35. The van der Waals surface area contributed by atoms with Crippen LogP contribution in [0.4, 0.5) is 8.78 Å². The van der Waals surface area contributed by atoms with E-state index < -0.39 is 28.6 Å². The Balaban J connectivity index is 3.34. The zero-order chi connectivity index (χ0) is 12.5. The first-order valence-electron chi connectivity index (χ1n) is 4.72. The van der Waals surface area contributed by atoms with E-state index in [2.05, 4.69) is 15.9 Å². The van der Waals surface area contributed by atoms with Gasteiger partial charge < -0.3 is 5.11 Å². The monoisotopic (exact) mass is 292 g/mol. The van der Waals surface area contributed by atoms with Gasteiger partial charge in [-0.1, -0.05) is 6.92 Å². The van der Waals surface area contributed by atoms with Crippen molar-refractivity contribution in [3.63, 3.8) is 0 Å². The molecular formula is C11H11BrF2O2. The van der Waals surface area contributed by atoms with Crippen LogP contribution < -0.4 is 0 Å². The summed E-state index contributed by atoms with van der Waals surface area (Å²) in [5.41, 5.74) is -2.47. The van der Waals surface area contributed by atoms with Gasteiger partial charge in [-0.05, 0) is 41.4 Å². The smallest absolute Gasteiger partial charge is 0.199 e. The van der Waals surface area contributed by atoms with Crippen molar-refractivity contribution in [2.45, 2.75) is 25.9 Å². The summed E-state index contributed by atoms with van der Waals surface area (Å²) in [6.07, 6.45) is 0.0806. The van der Waals surface area contributed by atoms with Gasteiger partial charge >= 0.3 is 0 Å². The van der Waals surface area contributed by atoms with Crippen molar-refractivity contribution in [1.82, 2.24) is 0 Å². The van der Waals surface area contributed by atoms with Gasteiger partial charge in [-0.2, -0.15) is 0 Å². The Bertz CT molecular complexity index is 430. The van der Waals surface area contributed by atoms with Crippen LogP contribution in [0.15, 0.2) is 16.6 Å². The largest absolute Gasteiger partial charge is 0.382 e. The van der Waals surface area contributed by atoms with E-state index in [0.717, 1.165) is 6.07 Å². The molecule has 0 aliphatic rings. The molecule has 1 N–H and O–H groups in total. The van der Waals surface area contributed by atoms with Gasteiger partial charge in [0.05, 0.1) is 10.0 Å². The lowest BCUT2D eigenvalue weighted by molar-refractivity contribution is 0.0381. The first-order chi connectivity index (χ1) is 7.31. The molecule has 0 aromatic heterocycles. The van der Waals surface area contributed by atoms with Crippen LogP contribution in [0.1, 0.15) is 30.6 Å². The summed E-state index contributed by atoms with van der Waals surface area (Å²) in [5, 5.41) is 9.69. The number of rotatable bonds is 3. The van der Waals surface area contributed by atoms with Gasteiger partial charge in [0.25, 0.3) is 0 Å². The lowest BCUT2D eigenvalue weighted by atomic mass is 9.92. The maximum Gasteiger partial charge on any atom is 0.199 e. The van der Waals surface area contributed by atoms with Crippen LogP contribution in [-0.2, 0) is 0 Å². The van der Waals surface area contributed by atoms with E-state index in [0.29, 0.717) is 0 Å². The Hall–Kier alpha value is -0.810. The average molecular weight is 293 g/mol. The molecule has 88 valence electrons. The predicted octanol–water partition coefficient (Wildman–Crippen LogP) is 3.07. The summed E-state index contributed by atoms with van der Waals surface area (Å²) in [5.74, 6) is -2.91. The Labute approximate surface area is 100 Å². The summed E-state index contributed by atoms with van der Waals surface area (Å²) in [6, 6.07) is 2.15. The normalized spacial score (nSPS) is 14.6. The summed E-state index contributed by atoms with van der Waals surface area (Å²) < 4.78 is 26.9. The fourth-order valence-electron chi connectivity index (χ4n) is 1.17. The van der Waals surface area contributed by atoms with Crippen molar-refractivity contribution < 1.29 is 18.7 Å². The molecule has 1 unspecified atom stereocenters. The third-order valence-electron chi connectivity index (χ3n) is 2.45. The molecule has 0 aliphatic heterocycles. The molecule has 1 aromatic rings. The fraction of sp³-hybridized carbons (Fsp3) is 0.364. The second-order valence-electron chi connectivity index (χ2n) is 3.67. The molecule has 0 radical (unpaired) electrons. The van der Waals surface area contributed by atoms with Crippen molar-refractivity contribution in [3.8, 4) is 0 Å². The van der Waals surface area contributed by atoms with Crippen LogP contribution in [0.3, 0.4) is 0 Å². The number of carbonyl (C=O) groups excluding carboxylic acids is 1. The Kier molecular flexibility index (Phi) is 3.80. The number of aliphatic hydroxyl groups is 1. The zero-order valence-electron chi connectivity index (χ0n) is 8.85. The first kappa shape index (κ1) is 13.3. The summed E-state index contributed by atoms with van der Waals surface area (Å²) >= 11 is 2.86. The lowest BCUT2D eigenvalue weighted by Gasteiger charge is -2.20. The van der Waals surface area contributed by atoms with Gasteiger partial charge in [-0.3, -0.25) is 4.79 Å². The number of benzene rings is 1. The van der Waals surface area contributed by atoms with Gasteiger partial charge in [-0.25, -0.2) is 8.78 Å². The van der Waals surface area contributed by atoms with Crippen molar-refractivity contribution in [2.24, 2.45) is 0 Å². The highest BCUT2D eigenvalue weighted by Gasteiger charge is 2.33. The quantitative estimate of drug-likeness (QED) is 0.687. The van der Waals surface area contributed by atoms with Crippen molar-refractivity contribution in [3.05, 3.63) is 33.8 Å². The molecule has 0 spiro atoms. The van der Waals surface area contributed by atoms with E-state index in [1.807, 2.05) is 0 Å². The Morgan fingerprint density at radius 3 is 2.56 bits per heavy atom. The van der Waals surface area contributed by atoms with E-state index >= 15 is 0 Å². The molecule has 0 heterocycles. The van der Waals surface area contributed by atoms with Crippen LogP contribution >= 0.6 is 15.9 Å². The standard InChI is InChI=1S/C11H11BrF2O2/c1-3-11(2,16)10(15)8-7(13)5-4-6(12)9(8)14/h4-5,16H,3H2,1-2H3. The molecule has 2 nitrogen and oxygen atoms in total. The van der Waals surface area contributed by atoms with Crippen molar-refractivity contribution >= 4 is 21.7 Å². The molecule has 0 amide bonds. The molecule has 1 atom stereocenters. The molecule has 16 heavy (non-hydrogen) atoms. The third kappa shape index (κ3) is 2.30. The maximum atomic E-state index is 13.6. The number of halogens is 3. The molecule has 1 aromatic carbocycles. The minimum absolute atomic E-state index is 0.0100. The highest BCUT2D eigenvalue weighted by Crippen LogP contribution is 2.26. The number of carbonyl (C=O) groups is 1. The first-order valence-corrected chi connectivity index (χ1v) is 5.51. The Morgan fingerprint density at radius 1 is 1.50 bits per heavy atom. The SMILES string of the molecule is CCC(C)(O)C(=O)c1c(F)ccc(Br)c1F. The molecule has 0 saturated carbocycles. The molecule has 0 fully saturated rings. The van der Waals surface area contributed by atoms with Gasteiger partial charge in [0.1, 0.15) is 11.4 Å². The number of hydrogen-bond acceptors (Lipinski definition) is 2. The van der Waals surface area contributed by atoms with Crippen LogP contribution in [0, 0.1) is 11.6 Å². The van der Waals surface area contributed by atoms with Crippen LogP contribution in [0.2, 0.25) is 0 Å². The molecule has 0 saturated heterocycles. The minimum Gasteiger partial charge on any atom is -0.382 e. The number of hydrogen-bond donors (Lipinski definition) is 1. The summed E-state index contributed by atoms with van der Waals surface area (Å²) in [6.45, 7) is 2.79. The van der Waals surface area contributed by atoms with Crippen molar-refractivity contribution in [1.29, 1.82) is 0 Å².